The molecule has 6 heteroatoms. The van der Waals surface area contributed by atoms with Crippen LogP contribution in [0.2, 0.25) is 0 Å². The smallest absolute Gasteiger partial charge is 0.306 e. The maximum atomic E-state index is 12.8. The second-order valence-corrected chi connectivity index (χ2v) is 21.7. The second-order valence-electron chi connectivity index (χ2n) is 21.7. The van der Waals surface area contributed by atoms with Gasteiger partial charge in [-0.3, -0.25) is 14.4 Å². The van der Waals surface area contributed by atoms with Gasteiger partial charge in [0, 0.05) is 19.3 Å². The largest absolute Gasteiger partial charge is 0.462 e. The summed E-state index contributed by atoms with van der Waals surface area (Å²) in [7, 11) is 0. The molecule has 1 unspecified atom stereocenters. The SMILES string of the molecule is CC/C=C\C/C=C\C/C=C\C/C=C\C/C=C\CCCCCCCCCCCCCCCCCCCC(=O)OCC(COC(=O)CCCCCCCCCCCC)OC(=O)CCCCCCCCCCCCCCC. The van der Waals surface area contributed by atoms with E-state index in [0.717, 1.165) is 89.9 Å². The van der Waals surface area contributed by atoms with E-state index >= 15 is 0 Å². The fraction of sp³-hybridized carbons (Fsp3) is 0.809. The Morgan fingerprint density at radius 3 is 0.824 bits per heavy atom. The first-order chi connectivity index (χ1) is 36.5. The maximum Gasteiger partial charge on any atom is 0.306 e. The van der Waals surface area contributed by atoms with Gasteiger partial charge in [-0.1, -0.05) is 313 Å². The van der Waals surface area contributed by atoms with Crippen molar-refractivity contribution in [2.45, 2.75) is 341 Å². The van der Waals surface area contributed by atoms with Gasteiger partial charge in [0.25, 0.3) is 0 Å². The summed E-state index contributed by atoms with van der Waals surface area (Å²) in [6.07, 6.45) is 79.6. The molecule has 0 aromatic carbocycles. The molecule has 74 heavy (non-hydrogen) atoms. The Hall–Kier alpha value is -2.89. The average molecular weight is 1040 g/mol. The van der Waals surface area contributed by atoms with Crippen molar-refractivity contribution in [3.8, 4) is 0 Å². The van der Waals surface area contributed by atoms with Gasteiger partial charge in [-0.25, -0.2) is 0 Å². The third kappa shape index (κ3) is 60.0. The van der Waals surface area contributed by atoms with Gasteiger partial charge in [-0.15, -0.1) is 0 Å². The number of unbranched alkanes of at least 4 members (excludes halogenated alkanes) is 38. The molecule has 0 aliphatic heterocycles. The summed E-state index contributed by atoms with van der Waals surface area (Å²) in [5.41, 5.74) is 0. The Morgan fingerprint density at radius 2 is 0.527 bits per heavy atom. The predicted octanol–water partition coefficient (Wildman–Crippen LogP) is 21.9. The lowest BCUT2D eigenvalue weighted by atomic mass is 10.0. The predicted molar refractivity (Wildman–Crippen MR) is 321 cm³/mol. The van der Waals surface area contributed by atoms with Crippen molar-refractivity contribution < 1.29 is 28.6 Å². The minimum absolute atomic E-state index is 0.0669. The van der Waals surface area contributed by atoms with Crippen molar-refractivity contribution >= 4 is 17.9 Å². The van der Waals surface area contributed by atoms with Crippen LogP contribution in [-0.4, -0.2) is 37.2 Å². The van der Waals surface area contributed by atoms with Crippen molar-refractivity contribution in [1.82, 2.24) is 0 Å². The Kier molecular flexibility index (Phi) is 60.2. The minimum Gasteiger partial charge on any atom is -0.462 e. The van der Waals surface area contributed by atoms with Gasteiger partial charge in [0.15, 0.2) is 6.10 Å². The van der Waals surface area contributed by atoms with Crippen LogP contribution in [0.4, 0.5) is 0 Å². The number of allylic oxidation sites excluding steroid dienone is 10. The molecule has 0 rings (SSSR count). The van der Waals surface area contributed by atoms with Crippen LogP contribution < -0.4 is 0 Å². The Balaban J connectivity index is 4.04. The highest BCUT2D eigenvalue weighted by atomic mass is 16.6. The zero-order chi connectivity index (χ0) is 53.6. The van der Waals surface area contributed by atoms with E-state index in [1.54, 1.807) is 0 Å². The van der Waals surface area contributed by atoms with Crippen LogP contribution >= 0.6 is 0 Å². The third-order valence-corrected chi connectivity index (χ3v) is 14.3. The maximum absolute atomic E-state index is 12.8. The molecule has 0 saturated carbocycles. The van der Waals surface area contributed by atoms with E-state index in [2.05, 4.69) is 81.5 Å². The number of carbonyl (C=O) groups excluding carboxylic acids is 3. The number of rotatable bonds is 59. The lowest BCUT2D eigenvalue weighted by molar-refractivity contribution is -0.167. The van der Waals surface area contributed by atoms with Crippen LogP contribution in [-0.2, 0) is 28.6 Å². The van der Waals surface area contributed by atoms with Crippen LogP contribution in [0.1, 0.15) is 335 Å². The fourth-order valence-corrected chi connectivity index (χ4v) is 9.47. The van der Waals surface area contributed by atoms with Crippen LogP contribution in [0.15, 0.2) is 60.8 Å². The van der Waals surface area contributed by atoms with Crippen molar-refractivity contribution in [1.29, 1.82) is 0 Å². The van der Waals surface area contributed by atoms with Crippen LogP contribution in [0.3, 0.4) is 0 Å². The molecule has 0 aliphatic rings. The molecule has 0 N–H and O–H groups in total. The first-order valence-corrected chi connectivity index (χ1v) is 32.3. The van der Waals surface area contributed by atoms with Crippen molar-refractivity contribution in [2.75, 3.05) is 13.2 Å². The quantitative estimate of drug-likeness (QED) is 0.0261. The highest BCUT2D eigenvalue weighted by Crippen LogP contribution is 2.17. The molecule has 0 saturated heterocycles. The van der Waals surface area contributed by atoms with Gasteiger partial charge in [0.1, 0.15) is 13.2 Å². The first-order valence-electron chi connectivity index (χ1n) is 32.3. The lowest BCUT2D eigenvalue weighted by Crippen LogP contribution is -2.30. The highest BCUT2D eigenvalue weighted by Gasteiger charge is 2.19. The summed E-state index contributed by atoms with van der Waals surface area (Å²) in [6, 6.07) is 0. The summed E-state index contributed by atoms with van der Waals surface area (Å²) in [5.74, 6) is -0.849. The van der Waals surface area contributed by atoms with Gasteiger partial charge in [-0.05, 0) is 64.2 Å². The van der Waals surface area contributed by atoms with Gasteiger partial charge < -0.3 is 14.2 Å². The average Bonchev–Trinajstić information content (AvgIpc) is 3.40. The topological polar surface area (TPSA) is 78.9 Å². The number of hydrogen-bond donors (Lipinski definition) is 0. The first kappa shape index (κ1) is 71.1. The van der Waals surface area contributed by atoms with Crippen molar-refractivity contribution in [3.05, 3.63) is 60.8 Å². The van der Waals surface area contributed by atoms with Gasteiger partial charge in [-0.2, -0.15) is 0 Å². The summed E-state index contributed by atoms with van der Waals surface area (Å²) < 4.78 is 16.9. The molecule has 0 spiro atoms. The van der Waals surface area contributed by atoms with E-state index in [4.69, 9.17) is 14.2 Å². The Morgan fingerprint density at radius 1 is 0.284 bits per heavy atom. The standard InChI is InChI=1S/C68H122O6/c1-4-7-10-13-16-19-22-24-25-26-27-28-29-30-31-32-33-34-35-36-37-38-39-40-41-42-43-45-46-49-52-55-58-61-67(70)73-64-65(63-72-66(69)60-57-54-51-48-21-18-15-12-9-6-3)74-68(71)62-59-56-53-50-47-44-23-20-17-14-11-8-5-2/h7,10,16,19,24-25,27-28,30-31,65H,4-6,8-9,11-15,17-18,20-23,26,29,32-64H2,1-3H3/b10-7-,19-16-,25-24-,28-27-,31-30-. The Bertz CT molecular complexity index is 1330. The monoisotopic (exact) mass is 1030 g/mol. The van der Waals surface area contributed by atoms with E-state index in [1.807, 2.05) is 0 Å². The molecular weight excluding hydrogens is 913 g/mol. The number of ether oxygens (including phenoxy) is 3. The van der Waals surface area contributed by atoms with Crippen LogP contribution in [0.25, 0.3) is 0 Å². The number of carbonyl (C=O) groups is 3. The van der Waals surface area contributed by atoms with E-state index in [-0.39, 0.29) is 31.1 Å². The second kappa shape index (κ2) is 62.6. The lowest BCUT2D eigenvalue weighted by Gasteiger charge is -2.18. The molecule has 0 aromatic rings. The molecule has 0 fully saturated rings. The zero-order valence-corrected chi connectivity index (χ0v) is 49.4. The van der Waals surface area contributed by atoms with Crippen molar-refractivity contribution in [3.63, 3.8) is 0 Å². The molecule has 0 aromatic heterocycles. The third-order valence-electron chi connectivity index (χ3n) is 14.3. The molecule has 430 valence electrons. The molecular formula is C68H122O6. The fourth-order valence-electron chi connectivity index (χ4n) is 9.47. The molecule has 0 bridgehead atoms. The van der Waals surface area contributed by atoms with E-state index in [9.17, 15) is 14.4 Å². The minimum atomic E-state index is -0.767. The van der Waals surface area contributed by atoms with Crippen molar-refractivity contribution in [2.24, 2.45) is 0 Å². The molecule has 1 atom stereocenters. The molecule has 0 heterocycles. The highest BCUT2D eigenvalue weighted by molar-refractivity contribution is 5.71. The van der Waals surface area contributed by atoms with E-state index < -0.39 is 6.10 Å². The van der Waals surface area contributed by atoms with Crippen LogP contribution in [0, 0.1) is 0 Å². The van der Waals surface area contributed by atoms with Gasteiger partial charge in [0.2, 0.25) is 0 Å². The molecule has 0 radical (unpaired) electrons. The summed E-state index contributed by atoms with van der Waals surface area (Å²) in [4.78, 5) is 38.1. The molecule has 0 aliphatic carbocycles. The molecule has 6 nitrogen and oxygen atoms in total. The summed E-state index contributed by atoms with van der Waals surface area (Å²) >= 11 is 0. The molecule has 0 amide bonds. The normalized spacial score (nSPS) is 12.4. The number of hydrogen-bond acceptors (Lipinski definition) is 6. The number of esters is 3. The van der Waals surface area contributed by atoms with Gasteiger partial charge in [0.05, 0.1) is 0 Å². The zero-order valence-electron chi connectivity index (χ0n) is 49.4. The van der Waals surface area contributed by atoms with Gasteiger partial charge >= 0.3 is 17.9 Å². The Labute approximate surface area is 460 Å². The van der Waals surface area contributed by atoms with E-state index in [0.29, 0.717) is 19.3 Å². The van der Waals surface area contributed by atoms with E-state index in [1.165, 1.54) is 205 Å². The van der Waals surface area contributed by atoms with Crippen LogP contribution in [0.5, 0.6) is 0 Å². The summed E-state index contributed by atoms with van der Waals surface area (Å²) in [6.45, 7) is 6.55. The summed E-state index contributed by atoms with van der Waals surface area (Å²) in [5, 5.41) is 0.